The first-order valence-corrected chi connectivity index (χ1v) is 11.1. The number of carbonyl (C=O) groups is 1. The summed E-state index contributed by atoms with van der Waals surface area (Å²) in [6.07, 6.45) is 1.72. The number of carbonyl (C=O) groups excluding carboxylic acids is 1. The van der Waals surface area contributed by atoms with Gasteiger partial charge in [-0.1, -0.05) is 23.7 Å². The fourth-order valence-electron chi connectivity index (χ4n) is 3.85. The Kier molecular flexibility index (Phi) is 5.94. The van der Waals surface area contributed by atoms with Crippen molar-refractivity contribution in [3.8, 4) is 0 Å². The van der Waals surface area contributed by atoms with Gasteiger partial charge in [0.15, 0.2) is 5.65 Å². The second kappa shape index (κ2) is 8.51. The Labute approximate surface area is 197 Å². The third kappa shape index (κ3) is 3.67. The van der Waals surface area contributed by atoms with Crippen LogP contribution in [0.1, 0.15) is 35.8 Å². The van der Waals surface area contributed by atoms with Gasteiger partial charge in [0.05, 0.1) is 29.6 Å². The van der Waals surface area contributed by atoms with E-state index in [2.05, 4.69) is 32.9 Å². The van der Waals surface area contributed by atoms with E-state index >= 15 is 0 Å². The standard InChI is InChI=1S/C22H20ClIN4O3/c1-4-27-20-19(24)25-11-28(20)18-15(9-13(23)10-16(18)21(27)29)12(2)26-17-8-6-5-7-14(17)22(30)31-3/h5-12,26H,4H2,1-3H3. The molecular weight excluding hydrogens is 531 g/mol. The zero-order valence-corrected chi connectivity index (χ0v) is 20.1. The summed E-state index contributed by atoms with van der Waals surface area (Å²) in [5.41, 5.74) is 3.24. The highest BCUT2D eigenvalue weighted by atomic mass is 127. The molecule has 1 unspecified atom stereocenters. The van der Waals surface area contributed by atoms with Crippen molar-refractivity contribution in [1.29, 1.82) is 0 Å². The fraction of sp³-hybridized carbons (Fsp3) is 0.227. The Morgan fingerprint density at radius 1 is 1.32 bits per heavy atom. The molecule has 0 radical (unpaired) electrons. The maximum atomic E-state index is 13.3. The van der Waals surface area contributed by atoms with Crippen LogP contribution in [-0.2, 0) is 11.3 Å². The molecule has 160 valence electrons. The van der Waals surface area contributed by atoms with Gasteiger partial charge < -0.3 is 10.1 Å². The van der Waals surface area contributed by atoms with Crippen LogP contribution in [0.4, 0.5) is 5.69 Å². The number of fused-ring (bicyclic) bond motifs is 3. The minimum atomic E-state index is -0.427. The van der Waals surface area contributed by atoms with Crippen molar-refractivity contribution >= 4 is 62.4 Å². The highest BCUT2D eigenvalue weighted by molar-refractivity contribution is 14.1. The van der Waals surface area contributed by atoms with Crippen molar-refractivity contribution in [3.63, 3.8) is 0 Å². The zero-order valence-electron chi connectivity index (χ0n) is 17.1. The highest BCUT2D eigenvalue weighted by Gasteiger charge is 2.21. The minimum Gasteiger partial charge on any atom is -0.465 e. The third-order valence-corrected chi connectivity index (χ3v) is 6.24. The molecule has 1 N–H and O–H groups in total. The minimum absolute atomic E-state index is 0.116. The van der Waals surface area contributed by atoms with Crippen LogP contribution in [0.15, 0.2) is 47.5 Å². The lowest BCUT2D eigenvalue weighted by Crippen LogP contribution is -2.23. The highest BCUT2D eigenvalue weighted by Crippen LogP contribution is 2.31. The van der Waals surface area contributed by atoms with Crippen LogP contribution in [0.3, 0.4) is 0 Å². The van der Waals surface area contributed by atoms with E-state index in [-0.39, 0.29) is 11.6 Å². The number of anilines is 1. The van der Waals surface area contributed by atoms with Crippen molar-refractivity contribution in [1.82, 2.24) is 14.0 Å². The second-order valence-electron chi connectivity index (χ2n) is 7.07. The number of nitrogens with one attached hydrogen (secondary N) is 1. The number of hydrogen-bond acceptors (Lipinski definition) is 5. The van der Waals surface area contributed by atoms with E-state index in [1.54, 1.807) is 29.1 Å². The Morgan fingerprint density at radius 3 is 2.77 bits per heavy atom. The molecule has 2 heterocycles. The van der Waals surface area contributed by atoms with Gasteiger partial charge in [-0.15, -0.1) is 0 Å². The van der Waals surface area contributed by atoms with E-state index in [1.165, 1.54) is 7.11 Å². The molecule has 0 aliphatic heterocycles. The molecule has 2 aromatic heterocycles. The summed E-state index contributed by atoms with van der Waals surface area (Å²) in [4.78, 5) is 29.9. The number of esters is 1. The van der Waals surface area contributed by atoms with Gasteiger partial charge in [0.2, 0.25) is 0 Å². The molecule has 31 heavy (non-hydrogen) atoms. The number of aryl methyl sites for hydroxylation is 1. The predicted octanol–water partition coefficient (Wildman–Crippen LogP) is 4.89. The van der Waals surface area contributed by atoms with Crippen LogP contribution in [0.25, 0.3) is 16.6 Å². The van der Waals surface area contributed by atoms with E-state index in [1.807, 2.05) is 36.4 Å². The summed E-state index contributed by atoms with van der Waals surface area (Å²) in [6.45, 7) is 4.40. The number of imidazole rings is 1. The molecule has 1 atom stereocenters. The van der Waals surface area contributed by atoms with E-state index < -0.39 is 5.97 Å². The lowest BCUT2D eigenvalue weighted by molar-refractivity contribution is 0.0602. The van der Waals surface area contributed by atoms with E-state index in [0.717, 1.165) is 20.4 Å². The lowest BCUT2D eigenvalue weighted by atomic mass is 10.0. The van der Waals surface area contributed by atoms with Crippen molar-refractivity contribution in [2.45, 2.75) is 26.4 Å². The summed E-state index contributed by atoms with van der Waals surface area (Å²) in [7, 11) is 1.35. The molecule has 0 amide bonds. The Morgan fingerprint density at radius 2 is 2.06 bits per heavy atom. The first kappa shape index (κ1) is 21.6. The fourth-order valence-corrected chi connectivity index (χ4v) is 4.75. The number of ether oxygens (including phenoxy) is 1. The molecule has 0 aliphatic rings. The largest absolute Gasteiger partial charge is 0.465 e. The van der Waals surface area contributed by atoms with Gasteiger partial charge in [-0.2, -0.15) is 0 Å². The summed E-state index contributed by atoms with van der Waals surface area (Å²) in [5, 5.41) is 4.36. The summed E-state index contributed by atoms with van der Waals surface area (Å²) in [6, 6.07) is 10.4. The first-order chi connectivity index (χ1) is 14.9. The summed E-state index contributed by atoms with van der Waals surface area (Å²) < 4.78 is 9.27. The number of halogens is 2. The van der Waals surface area contributed by atoms with Crippen LogP contribution in [0.2, 0.25) is 5.02 Å². The molecule has 0 saturated heterocycles. The van der Waals surface area contributed by atoms with Crippen molar-refractivity contribution in [3.05, 3.63) is 72.9 Å². The molecule has 0 bridgehead atoms. The molecule has 7 nitrogen and oxygen atoms in total. The Hall–Kier alpha value is -2.59. The van der Waals surface area contributed by atoms with Crippen LogP contribution < -0.4 is 10.9 Å². The molecule has 9 heteroatoms. The molecular formula is C22H20ClIN4O3. The molecule has 4 rings (SSSR count). The van der Waals surface area contributed by atoms with Gasteiger partial charge in [0.1, 0.15) is 10.0 Å². The average molecular weight is 551 g/mol. The average Bonchev–Trinajstić information content (AvgIpc) is 3.14. The zero-order chi connectivity index (χ0) is 22.3. The Balaban J connectivity index is 1.95. The maximum Gasteiger partial charge on any atom is 0.339 e. The van der Waals surface area contributed by atoms with Gasteiger partial charge in [-0.05, 0) is 60.7 Å². The molecule has 0 spiro atoms. The maximum absolute atomic E-state index is 13.3. The molecule has 0 fully saturated rings. The number of rotatable bonds is 5. The number of aromatic nitrogens is 3. The summed E-state index contributed by atoms with van der Waals surface area (Å²) >= 11 is 8.56. The van der Waals surface area contributed by atoms with E-state index in [9.17, 15) is 9.59 Å². The third-order valence-electron chi connectivity index (χ3n) is 5.26. The summed E-state index contributed by atoms with van der Waals surface area (Å²) in [5.74, 6) is -0.427. The molecule has 0 saturated carbocycles. The number of nitrogens with zero attached hydrogens (tertiary/aromatic N) is 3. The van der Waals surface area contributed by atoms with Crippen LogP contribution >= 0.6 is 34.2 Å². The second-order valence-corrected chi connectivity index (χ2v) is 8.53. The SMILES string of the molecule is CCn1c(=O)c2cc(Cl)cc(C(C)Nc3ccccc3C(=O)OC)c2n2cnc(I)c12. The van der Waals surface area contributed by atoms with Gasteiger partial charge >= 0.3 is 5.97 Å². The number of para-hydroxylation sites is 1. The number of hydrogen-bond donors (Lipinski definition) is 1. The van der Waals surface area contributed by atoms with Crippen molar-refractivity contribution in [2.24, 2.45) is 0 Å². The van der Waals surface area contributed by atoms with Gasteiger partial charge in [-0.3, -0.25) is 13.8 Å². The molecule has 0 aliphatic carbocycles. The van der Waals surface area contributed by atoms with Crippen LogP contribution in [0, 0.1) is 3.70 Å². The number of methoxy groups -OCH3 is 1. The quantitative estimate of drug-likeness (QED) is 0.283. The van der Waals surface area contributed by atoms with Crippen molar-refractivity contribution in [2.75, 3.05) is 12.4 Å². The number of benzene rings is 2. The van der Waals surface area contributed by atoms with E-state index in [0.29, 0.717) is 28.2 Å². The lowest BCUT2D eigenvalue weighted by Gasteiger charge is -2.21. The van der Waals surface area contributed by atoms with Crippen LogP contribution in [0.5, 0.6) is 0 Å². The molecule has 2 aromatic carbocycles. The van der Waals surface area contributed by atoms with Gasteiger partial charge in [0.25, 0.3) is 5.56 Å². The smallest absolute Gasteiger partial charge is 0.339 e. The van der Waals surface area contributed by atoms with Gasteiger partial charge in [0, 0.05) is 22.8 Å². The van der Waals surface area contributed by atoms with Crippen molar-refractivity contribution < 1.29 is 9.53 Å². The first-order valence-electron chi connectivity index (χ1n) is 9.69. The molecule has 4 aromatic rings. The normalized spacial score (nSPS) is 12.3. The topological polar surface area (TPSA) is 77.6 Å². The predicted molar refractivity (Wildman–Crippen MR) is 130 cm³/mol. The van der Waals surface area contributed by atoms with E-state index in [4.69, 9.17) is 16.3 Å². The van der Waals surface area contributed by atoms with Crippen LogP contribution in [-0.4, -0.2) is 27.0 Å². The Bertz CT molecular complexity index is 1380. The van der Waals surface area contributed by atoms with Gasteiger partial charge in [-0.25, -0.2) is 9.78 Å². The monoisotopic (exact) mass is 550 g/mol.